The predicted octanol–water partition coefficient (Wildman–Crippen LogP) is 2.27. The fraction of sp³-hybridized carbons (Fsp3) is 0.353. The number of aromatic nitrogens is 2. The van der Waals surface area contributed by atoms with Crippen LogP contribution < -0.4 is 15.0 Å². The van der Waals surface area contributed by atoms with E-state index in [-0.39, 0.29) is 5.91 Å². The molecule has 0 saturated carbocycles. The van der Waals surface area contributed by atoms with Crippen LogP contribution in [0.25, 0.3) is 0 Å². The van der Waals surface area contributed by atoms with Gasteiger partial charge in [-0.05, 0) is 42.7 Å². The molecular formula is C17H20N4O2. The Morgan fingerprint density at radius 3 is 2.48 bits per heavy atom. The van der Waals surface area contributed by atoms with E-state index in [2.05, 4.69) is 20.4 Å². The van der Waals surface area contributed by atoms with Gasteiger partial charge in [-0.1, -0.05) is 12.1 Å². The summed E-state index contributed by atoms with van der Waals surface area (Å²) in [5.74, 6) is 2.01. The highest BCUT2D eigenvalue weighted by Crippen LogP contribution is 2.18. The van der Waals surface area contributed by atoms with Gasteiger partial charge in [0.2, 0.25) is 5.91 Å². The number of nitrogens with one attached hydrogen (secondary N) is 1. The van der Waals surface area contributed by atoms with Crippen molar-refractivity contribution in [1.82, 2.24) is 10.2 Å². The molecule has 1 aromatic heterocycles. The normalized spacial score (nSPS) is 13.9. The maximum atomic E-state index is 12.1. The number of amides is 1. The second-order valence-corrected chi connectivity index (χ2v) is 5.54. The van der Waals surface area contributed by atoms with Crippen molar-refractivity contribution in [2.45, 2.75) is 19.3 Å². The van der Waals surface area contributed by atoms with Crippen LogP contribution in [-0.4, -0.2) is 36.3 Å². The number of hydrogen-bond donors (Lipinski definition) is 1. The molecule has 0 atom stereocenters. The van der Waals surface area contributed by atoms with Crippen LogP contribution in [0.3, 0.4) is 0 Å². The number of carbonyl (C=O) groups excluding carboxylic acids is 1. The molecule has 1 amide bonds. The van der Waals surface area contributed by atoms with Crippen LogP contribution >= 0.6 is 0 Å². The summed E-state index contributed by atoms with van der Waals surface area (Å²) >= 11 is 0. The van der Waals surface area contributed by atoms with Crippen LogP contribution in [0.15, 0.2) is 36.4 Å². The molecule has 1 saturated heterocycles. The molecule has 0 spiro atoms. The standard InChI is InChI=1S/C17H20N4O2/c1-23-14-6-4-13(5-7-14)12-17(22)18-15-8-9-16(20-19-15)21-10-2-3-11-21/h4-9H,2-3,10-12H2,1H3,(H,18,19,22). The van der Waals surface area contributed by atoms with Gasteiger partial charge in [-0.3, -0.25) is 4.79 Å². The van der Waals surface area contributed by atoms with Crippen molar-refractivity contribution in [2.75, 3.05) is 30.4 Å². The molecule has 6 heteroatoms. The molecule has 3 rings (SSSR count). The Morgan fingerprint density at radius 1 is 1.13 bits per heavy atom. The summed E-state index contributed by atoms with van der Waals surface area (Å²) in [4.78, 5) is 14.3. The van der Waals surface area contributed by atoms with Crippen LogP contribution in [0.2, 0.25) is 0 Å². The zero-order valence-corrected chi connectivity index (χ0v) is 13.2. The predicted molar refractivity (Wildman–Crippen MR) is 88.8 cm³/mol. The minimum absolute atomic E-state index is 0.113. The molecule has 1 N–H and O–H groups in total. The smallest absolute Gasteiger partial charge is 0.229 e. The third kappa shape index (κ3) is 3.97. The minimum atomic E-state index is -0.113. The third-order valence-corrected chi connectivity index (χ3v) is 3.87. The monoisotopic (exact) mass is 312 g/mol. The van der Waals surface area contributed by atoms with Crippen molar-refractivity contribution in [3.8, 4) is 5.75 Å². The van der Waals surface area contributed by atoms with Crippen LogP contribution in [-0.2, 0) is 11.2 Å². The quantitative estimate of drug-likeness (QED) is 0.917. The largest absolute Gasteiger partial charge is 0.497 e. The molecule has 0 bridgehead atoms. The van der Waals surface area contributed by atoms with Crippen LogP contribution in [0.4, 0.5) is 11.6 Å². The fourth-order valence-electron chi connectivity index (χ4n) is 2.62. The minimum Gasteiger partial charge on any atom is -0.497 e. The van der Waals surface area contributed by atoms with E-state index in [1.807, 2.05) is 30.3 Å². The Labute approximate surface area is 135 Å². The summed E-state index contributed by atoms with van der Waals surface area (Å²) in [6.45, 7) is 2.05. The number of anilines is 2. The van der Waals surface area contributed by atoms with Gasteiger partial charge in [-0.2, -0.15) is 0 Å². The molecule has 0 aliphatic carbocycles. The second kappa shape index (κ2) is 7.09. The molecule has 6 nitrogen and oxygen atoms in total. The average molecular weight is 312 g/mol. The number of hydrogen-bond acceptors (Lipinski definition) is 5. The molecule has 2 heterocycles. The second-order valence-electron chi connectivity index (χ2n) is 5.54. The van der Waals surface area contributed by atoms with Gasteiger partial charge in [0.05, 0.1) is 13.5 Å². The highest BCUT2D eigenvalue weighted by Gasteiger charge is 2.14. The van der Waals surface area contributed by atoms with Gasteiger partial charge < -0.3 is 15.0 Å². The molecule has 2 aromatic rings. The molecule has 0 radical (unpaired) electrons. The third-order valence-electron chi connectivity index (χ3n) is 3.87. The van der Waals surface area contributed by atoms with Gasteiger partial charge in [0.1, 0.15) is 5.75 Å². The highest BCUT2D eigenvalue weighted by molar-refractivity contribution is 5.91. The highest BCUT2D eigenvalue weighted by atomic mass is 16.5. The first-order valence-electron chi connectivity index (χ1n) is 7.76. The van der Waals surface area contributed by atoms with Crippen molar-refractivity contribution < 1.29 is 9.53 Å². The molecule has 1 aromatic carbocycles. The Hall–Kier alpha value is -2.63. The topological polar surface area (TPSA) is 67.3 Å². The van der Waals surface area contributed by atoms with E-state index in [4.69, 9.17) is 4.74 Å². The van der Waals surface area contributed by atoms with Gasteiger partial charge in [-0.15, -0.1) is 10.2 Å². The molecule has 1 aliphatic rings. The number of rotatable bonds is 5. The number of methoxy groups -OCH3 is 1. The Balaban J connectivity index is 1.56. The first-order chi connectivity index (χ1) is 11.2. The first-order valence-corrected chi connectivity index (χ1v) is 7.76. The number of nitrogens with zero attached hydrogens (tertiary/aromatic N) is 3. The van der Waals surface area contributed by atoms with E-state index < -0.39 is 0 Å². The van der Waals surface area contributed by atoms with E-state index in [9.17, 15) is 4.79 Å². The summed E-state index contributed by atoms with van der Waals surface area (Å²) in [5.41, 5.74) is 0.921. The Kier molecular flexibility index (Phi) is 4.71. The SMILES string of the molecule is COc1ccc(CC(=O)Nc2ccc(N3CCCC3)nn2)cc1. The van der Waals surface area contributed by atoms with Gasteiger partial charge in [-0.25, -0.2) is 0 Å². The van der Waals surface area contributed by atoms with Crippen molar-refractivity contribution >= 4 is 17.5 Å². The van der Waals surface area contributed by atoms with E-state index >= 15 is 0 Å². The summed E-state index contributed by atoms with van der Waals surface area (Å²) in [6.07, 6.45) is 2.68. The Morgan fingerprint density at radius 2 is 1.87 bits per heavy atom. The lowest BCUT2D eigenvalue weighted by Crippen LogP contribution is -2.20. The summed E-state index contributed by atoms with van der Waals surface area (Å²) in [5, 5.41) is 11.1. The number of carbonyl (C=O) groups is 1. The van der Waals surface area contributed by atoms with E-state index in [1.165, 1.54) is 12.8 Å². The number of ether oxygens (including phenoxy) is 1. The number of benzene rings is 1. The summed E-state index contributed by atoms with van der Waals surface area (Å²) in [6, 6.07) is 11.1. The molecular weight excluding hydrogens is 292 g/mol. The van der Waals surface area contributed by atoms with Gasteiger partial charge >= 0.3 is 0 Å². The van der Waals surface area contributed by atoms with Crippen LogP contribution in [0.1, 0.15) is 18.4 Å². The lowest BCUT2D eigenvalue weighted by Gasteiger charge is -2.15. The van der Waals surface area contributed by atoms with Crippen molar-refractivity contribution in [3.05, 3.63) is 42.0 Å². The average Bonchev–Trinajstić information content (AvgIpc) is 3.11. The maximum Gasteiger partial charge on any atom is 0.229 e. The maximum absolute atomic E-state index is 12.1. The molecule has 1 aliphatic heterocycles. The van der Waals surface area contributed by atoms with Gasteiger partial charge in [0.25, 0.3) is 0 Å². The van der Waals surface area contributed by atoms with Crippen molar-refractivity contribution in [1.29, 1.82) is 0 Å². The summed E-state index contributed by atoms with van der Waals surface area (Å²) in [7, 11) is 1.62. The molecule has 120 valence electrons. The molecule has 23 heavy (non-hydrogen) atoms. The van der Waals surface area contributed by atoms with E-state index in [1.54, 1.807) is 13.2 Å². The van der Waals surface area contributed by atoms with Crippen molar-refractivity contribution in [2.24, 2.45) is 0 Å². The zero-order chi connectivity index (χ0) is 16.1. The molecule has 0 unspecified atom stereocenters. The lowest BCUT2D eigenvalue weighted by molar-refractivity contribution is -0.115. The van der Waals surface area contributed by atoms with Crippen LogP contribution in [0, 0.1) is 0 Å². The Bertz CT molecular complexity index is 649. The van der Waals surface area contributed by atoms with Crippen molar-refractivity contribution in [3.63, 3.8) is 0 Å². The van der Waals surface area contributed by atoms with Gasteiger partial charge in [0, 0.05) is 13.1 Å². The molecule has 1 fully saturated rings. The van der Waals surface area contributed by atoms with Gasteiger partial charge in [0.15, 0.2) is 11.6 Å². The fourth-order valence-corrected chi connectivity index (χ4v) is 2.62. The van der Waals surface area contributed by atoms with E-state index in [0.717, 1.165) is 30.2 Å². The first kappa shape index (κ1) is 15.3. The van der Waals surface area contributed by atoms with Crippen LogP contribution in [0.5, 0.6) is 5.75 Å². The lowest BCUT2D eigenvalue weighted by atomic mass is 10.1. The summed E-state index contributed by atoms with van der Waals surface area (Å²) < 4.78 is 5.10. The zero-order valence-electron chi connectivity index (χ0n) is 13.2. The van der Waals surface area contributed by atoms with E-state index in [0.29, 0.717) is 12.2 Å².